The van der Waals surface area contributed by atoms with Crippen molar-refractivity contribution < 1.29 is 37.7 Å². The molecular weight excluding hydrogens is 463 g/mol. The van der Waals surface area contributed by atoms with Gasteiger partial charge in [0.1, 0.15) is 17.3 Å². The van der Waals surface area contributed by atoms with Crippen LogP contribution in [0.4, 0.5) is 18.9 Å². The first-order valence-corrected chi connectivity index (χ1v) is 10.5. The number of ether oxygens (including phenoxy) is 1. The first-order valence-electron chi connectivity index (χ1n) is 10.5. The van der Waals surface area contributed by atoms with Gasteiger partial charge in [0.25, 0.3) is 11.7 Å². The smallest absolute Gasteiger partial charge is 0.508 e. The molecule has 0 saturated carbocycles. The van der Waals surface area contributed by atoms with Gasteiger partial charge in [-0.15, -0.1) is 13.2 Å². The number of aromatic hydroxyl groups is 1. The average Bonchev–Trinajstić information content (AvgIpc) is 3.05. The van der Waals surface area contributed by atoms with Crippen LogP contribution in [0, 0.1) is 13.8 Å². The van der Waals surface area contributed by atoms with E-state index in [-0.39, 0.29) is 17.0 Å². The molecule has 0 radical (unpaired) electrons. The molecule has 1 atom stereocenters. The van der Waals surface area contributed by atoms with Gasteiger partial charge in [0.05, 0.1) is 11.6 Å². The number of carbonyl (C=O) groups excluding carboxylic acids is 2. The molecule has 1 aliphatic rings. The van der Waals surface area contributed by atoms with Crippen molar-refractivity contribution in [1.82, 2.24) is 0 Å². The summed E-state index contributed by atoms with van der Waals surface area (Å²) in [5.74, 6) is -3.09. The Morgan fingerprint density at radius 3 is 2.26 bits per heavy atom. The second kappa shape index (κ2) is 8.83. The number of halogens is 3. The summed E-state index contributed by atoms with van der Waals surface area (Å²) >= 11 is 0. The van der Waals surface area contributed by atoms with Gasteiger partial charge in [-0.2, -0.15) is 0 Å². The Bertz CT molecular complexity index is 1350. The number of phenols is 1. The Balaban J connectivity index is 1.91. The summed E-state index contributed by atoms with van der Waals surface area (Å²) in [5.41, 5.74) is 2.20. The number of phenolic OH excluding ortho intramolecular Hbond substituents is 1. The molecule has 180 valence electrons. The number of anilines is 1. The molecule has 1 fully saturated rings. The zero-order chi connectivity index (χ0) is 25.5. The lowest BCUT2D eigenvalue weighted by Crippen LogP contribution is -2.29. The van der Waals surface area contributed by atoms with Crippen molar-refractivity contribution >= 4 is 23.1 Å². The highest BCUT2D eigenvalue weighted by Gasteiger charge is 2.47. The summed E-state index contributed by atoms with van der Waals surface area (Å²) in [7, 11) is 0. The van der Waals surface area contributed by atoms with Gasteiger partial charge in [-0.25, -0.2) is 0 Å². The quantitative estimate of drug-likeness (QED) is 0.289. The normalized spacial score (nSPS) is 17.6. The lowest BCUT2D eigenvalue weighted by molar-refractivity contribution is -0.274. The summed E-state index contributed by atoms with van der Waals surface area (Å²) in [5, 5.41) is 20.8. The summed E-state index contributed by atoms with van der Waals surface area (Å²) in [6, 6.07) is 14.1. The van der Waals surface area contributed by atoms with E-state index in [1.807, 2.05) is 13.8 Å². The average molecular weight is 483 g/mol. The van der Waals surface area contributed by atoms with E-state index < -0.39 is 35.6 Å². The molecule has 9 heteroatoms. The maximum Gasteiger partial charge on any atom is 0.573 e. The number of aryl methyl sites for hydroxylation is 2. The number of ketones is 1. The molecule has 1 aliphatic heterocycles. The third kappa shape index (κ3) is 4.70. The monoisotopic (exact) mass is 483 g/mol. The molecule has 0 aliphatic carbocycles. The van der Waals surface area contributed by atoms with E-state index in [0.717, 1.165) is 28.2 Å². The van der Waals surface area contributed by atoms with Gasteiger partial charge in [0, 0.05) is 17.3 Å². The molecular formula is C26H20F3NO5. The standard InChI is InChI=1S/C26H20F3NO5/c1-14-6-7-17(12-15(14)2)23(32)21-22(16-8-10-19(31)11-9-16)30(25(34)24(21)33)18-4-3-5-20(13-18)35-26(27,28)29/h3-13,22,31-32H,1-2H3/b23-21+. The van der Waals surface area contributed by atoms with Gasteiger partial charge in [0.2, 0.25) is 0 Å². The van der Waals surface area contributed by atoms with Crippen molar-refractivity contribution in [3.8, 4) is 11.5 Å². The van der Waals surface area contributed by atoms with E-state index in [0.29, 0.717) is 11.1 Å². The highest BCUT2D eigenvalue weighted by atomic mass is 19.4. The van der Waals surface area contributed by atoms with E-state index in [1.54, 1.807) is 18.2 Å². The van der Waals surface area contributed by atoms with Crippen LogP contribution in [0.15, 0.2) is 72.3 Å². The second-order valence-electron chi connectivity index (χ2n) is 8.10. The number of rotatable bonds is 4. The maximum absolute atomic E-state index is 13.2. The fraction of sp³-hybridized carbons (Fsp3) is 0.154. The molecule has 3 aromatic carbocycles. The SMILES string of the molecule is Cc1ccc(/C(O)=C2\C(=O)C(=O)N(c3cccc(OC(F)(F)F)c3)C2c2ccc(O)cc2)cc1C. The zero-order valence-electron chi connectivity index (χ0n) is 18.6. The summed E-state index contributed by atoms with van der Waals surface area (Å²) < 4.78 is 42.3. The van der Waals surface area contributed by atoms with E-state index in [2.05, 4.69) is 4.74 Å². The first-order chi connectivity index (χ1) is 16.5. The Hall–Kier alpha value is -4.27. The number of carbonyl (C=O) groups is 2. The maximum atomic E-state index is 13.2. The Morgan fingerprint density at radius 2 is 1.63 bits per heavy atom. The van der Waals surface area contributed by atoms with E-state index in [1.165, 1.54) is 36.4 Å². The largest absolute Gasteiger partial charge is 0.573 e. The van der Waals surface area contributed by atoms with Crippen molar-refractivity contribution in [2.24, 2.45) is 0 Å². The third-order valence-corrected chi connectivity index (χ3v) is 5.76. The molecule has 1 saturated heterocycles. The van der Waals surface area contributed by atoms with Crippen molar-refractivity contribution in [1.29, 1.82) is 0 Å². The Morgan fingerprint density at radius 1 is 0.943 bits per heavy atom. The van der Waals surface area contributed by atoms with Crippen LogP contribution in [0.5, 0.6) is 11.5 Å². The number of aliphatic hydroxyl groups is 1. The molecule has 2 N–H and O–H groups in total. The lowest BCUT2D eigenvalue weighted by atomic mass is 9.94. The molecule has 0 aromatic heterocycles. The minimum absolute atomic E-state index is 0.0361. The van der Waals surface area contributed by atoms with Gasteiger partial charge in [0.15, 0.2) is 0 Å². The molecule has 1 unspecified atom stereocenters. The Labute approximate surface area is 198 Å². The number of Topliss-reactive ketones (excluding diaryl/α,β-unsaturated/α-hetero) is 1. The van der Waals surface area contributed by atoms with Crippen LogP contribution in [0.1, 0.15) is 28.3 Å². The summed E-state index contributed by atoms with van der Waals surface area (Å²) in [4.78, 5) is 27.3. The number of nitrogens with zero attached hydrogens (tertiary/aromatic N) is 1. The van der Waals surface area contributed by atoms with Crippen LogP contribution in [-0.4, -0.2) is 28.3 Å². The second-order valence-corrected chi connectivity index (χ2v) is 8.10. The fourth-order valence-electron chi connectivity index (χ4n) is 3.95. The molecule has 3 aromatic rings. The predicted octanol–water partition coefficient (Wildman–Crippen LogP) is 5.53. The minimum atomic E-state index is -4.95. The van der Waals surface area contributed by atoms with Crippen LogP contribution in [-0.2, 0) is 9.59 Å². The molecule has 35 heavy (non-hydrogen) atoms. The summed E-state index contributed by atoms with van der Waals surface area (Å²) in [6.45, 7) is 3.71. The molecule has 1 heterocycles. The topological polar surface area (TPSA) is 87.1 Å². The van der Waals surface area contributed by atoms with Gasteiger partial charge in [-0.1, -0.05) is 30.3 Å². The minimum Gasteiger partial charge on any atom is -0.508 e. The molecule has 1 amide bonds. The number of hydrogen-bond donors (Lipinski definition) is 2. The van der Waals surface area contributed by atoms with Gasteiger partial charge >= 0.3 is 6.36 Å². The Kier molecular flexibility index (Phi) is 6.02. The van der Waals surface area contributed by atoms with E-state index in [4.69, 9.17) is 0 Å². The number of amides is 1. The van der Waals surface area contributed by atoms with Crippen molar-refractivity contribution in [2.45, 2.75) is 26.3 Å². The van der Waals surface area contributed by atoms with Crippen LogP contribution in [0.3, 0.4) is 0 Å². The molecule has 6 nitrogen and oxygen atoms in total. The lowest BCUT2D eigenvalue weighted by Gasteiger charge is -2.26. The third-order valence-electron chi connectivity index (χ3n) is 5.76. The highest BCUT2D eigenvalue weighted by molar-refractivity contribution is 6.51. The van der Waals surface area contributed by atoms with Gasteiger partial charge < -0.3 is 14.9 Å². The molecule has 0 spiro atoms. The van der Waals surface area contributed by atoms with Gasteiger partial charge in [-0.3, -0.25) is 14.5 Å². The molecule has 0 bridgehead atoms. The van der Waals surface area contributed by atoms with Crippen molar-refractivity contribution in [2.75, 3.05) is 4.90 Å². The summed E-state index contributed by atoms with van der Waals surface area (Å²) in [6.07, 6.45) is -4.95. The van der Waals surface area contributed by atoms with Crippen LogP contribution in [0.25, 0.3) is 5.76 Å². The zero-order valence-corrected chi connectivity index (χ0v) is 18.6. The van der Waals surface area contributed by atoms with Crippen LogP contribution < -0.4 is 9.64 Å². The number of hydrogen-bond acceptors (Lipinski definition) is 5. The fourth-order valence-corrected chi connectivity index (χ4v) is 3.95. The van der Waals surface area contributed by atoms with E-state index in [9.17, 15) is 33.0 Å². The number of alkyl halides is 3. The van der Waals surface area contributed by atoms with Crippen molar-refractivity contribution in [3.05, 3.63) is 94.6 Å². The number of benzene rings is 3. The van der Waals surface area contributed by atoms with E-state index >= 15 is 0 Å². The number of aliphatic hydroxyl groups excluding tert-OH is 1. The molecule has 4 rings (SSSR count). The first kappa shape index (κ1) is 23.9. The van der Waals surface area contributed by atoms with Crippen LogP contribution >= 0.6 is 0 Å². The highest BCUT2D eigenvalue weighted by Crippen LogP contribution is 2.43. The predicted molar refractivity (Wildman–Crippen MR) is 122 cm³/mol. The van der Waals surface area contributed by atoms with Crippen molar-refractivity contribution in [3.63, 3.8) is 0 Å². The van der Waals surface area contributed by atoms with Gasteiger partial charge in [-0.05, 0) is 60.9 Å². The van der Waals surface area contributed by atoms with Crippen LogP contribution in [0.2, 0.25) is 0 Å².